The van der Waals surface area contributed by atoms with Gasteiger partial charge < -0.3 is 4.98 Å². The SMILES string of the molecule is NS(=O)(=O)c1ccc([C@H]2C[C@@H]2c2cc(-c3c[nH]c(=O)[nH]c3=O)nnc2Cl)cc1. The van der Waals surface area contributed by atoms with Crippen molar-refractivity contribution in [2.45, 2.75) is 23.2 Å². The summed E-state index contributed by atoms with van der Waals surface area (Å²) in [5.74, 6) is 0.196. The standard InChI is InChI=1S/C17H14ClN5O4S/c18-15-12(6-14(22-23-15)13-7-20-17(25)21-16(13)24)11-5-10(11)8-1-3-9(4-2-8)28(19,26)27/h1-4,6-7,10-11H,5H2,(H2,19,26,27)(H2,20,21,24,25)/t10-,11+/m1/s1. The summed E-state index contributed by atoms with van der Waals surface area (Å²) in [5, 5.41) is 13.2. The number of hydrogen-bond acceptors (Lipinski definition) is 6. The van der Waals surface area contributed by atoms with Crippen LogP contribution in [0.1, 0.15) is 29.4 Å². The predicted molar refractivity (Wildman–Crippen MR) is 102 cm³/mol. The maximum Gasteiger partial charge on any atom is 0.325 e. The maximum absolute atomic E-state index is 12.0. The summed E-state index contributed by atoms with van der Waals surface area (Å²) in [6, 6.07) is 8.07. The molecule has 1 aromatic carbocycles. The average molecular weight is 420 g/mol. The Bertz CT molecular complexity index is 1280. The maximum atomic E-state index is 12.0. The van der Waals surface area contributed by atoms with Crippen LogP contribution in [0.25, 0.3) is 11.3 Å². The van der Waals surface area contributed by atoms with E-state index in [-0.39, 0.29) is 27.4 Å². The van der Waals surface area contributed by atoms with E-state index in [2.05, 4.69) is 20.2 Å². The van der Waals surface area contributed by atoms with E-state index in [9.17, 15) is 18.0 Å². The van der Waals surface area contributed by atoms with Crippen molar-refractivity contribution >= 4 is 21.6 Å². The molecule has 1 fully saturated rings. The van der Waals surface area contributed by atoms with E-state index >= 15 is 0 Å². The fourth-order valence-corrected chi connectivity index (χ4v) is 3.94. The van der Waals surface area contributed by atoms with Gasteiger partial charge in [-0.1, -0.05) is 23.7 Å². The van der Waals surface area contributed by atoms with Crippen LogP contribution >= 0.6 is 11.6 Å². The van der Waals surface area contributed by atoms with Crippen molar-refractivity contribution in [3.05, 3.63) is 73.6 Å². The molecular weight excluding hydrogens is 406 g/mol. The highest BCUT2D eigenvalue weighted by molar-refractivity contribution is 7.89. The van der Waals surface area contributed by atoms with Crippen molar-refractivity contribution in [1.29, 1.82) is 0 Å². The molecule has 9 nitrogen and oxygen atoms in total. The van der Waals surface area contributed by atoms with Crippen LogP contribution in [0.3, 0.4) is 0 Å². The highest BCUT2D eigenvalue weighted by atomic mass is 35.5. The van der Waals surface area contributed by atoms with Crippen molar-refractivity contribution in [3.8, 4) is 11.3 Å². The lowest BCUT2D eigenvalue weighted by Gasteiger charge is -2.06. The fourth-order valence-electron chi connectivity index (χ4n) is 3.19. The summed E-state index contributed by atoms with van der Waals surface area (Å²) in [7, 11) is -3.74. The number of H-pyrrole nitrogens is 2. The number of nitrogens with two attached hydrogens (primary N) is 1. The minimum atomic E-state index is -3.74. The second-order valence-corrected chi connectivity index (χ2v) is 8.44. The highest BCUT2D eigenvalue weighted by Gasteiger charge is 2.41. The van der Waals surface area contributed by atoms with Crippen LogP contribution in [0, 0.1) is 0 Å². The van der Waals surface area contributed by atoms with Gasteiger partial charge in [0.2, 0.25) is 10.0 Å². The van der Waals surface area contributed by atoms with E-state index in [1.165, 1.54) is 18.3 Å². The van der Waals surface area contributed by atoms with Crippen LogP contribution < -0.4 is 16.4 Å². The van der Waals surface area contributed by atoms with Crippen LogP contribution in [-0.4, -0.2) is 28.6 Å². The first-order chi connectivity index (χ1) is 13.2. The molecule has 0 saturated heterocycles. The molecule has 1 saturated carbocycles. The molecule has 2 heterocycles. The van der Waals surface area contributed by atoms with Gasteiger partial charge >= 0.3 is 5.69 Å². The van der Waals surface area contributed by atoms with Gasteiger partial charge in [0, 0.05) is 6.20 Å². The number of hydrogen-bond donors (Lipinski definition) is 3. The van der Waals surface area contributed by atoms with Crippen molar-refractivity contribution in [1.82, 2.24) is 20.2 Å². The number of aromatic amines is 2. The molecule has 1 aliphatic carbocycles. The van der Waals surface area contributed by atoms with E-state index in [0.717, 1.165) is 17.5 Å². The van der Waals surface area contributed by atoms with Gasteiger partial charge in [-0.15, -0.1) is 10.2 Å². The van der Waals surface area contributed by atoms with Crippen molar-refractivity contribution in [2.24, 2.45) is 5.14 Å². The largest absolute Gasteiger partial charge is 0.325 e. The summed E-state index contributed by atoms with van der Waals surface area (Å²) >= 11 is 6.21. The van der Waals surface area contributed by atoms with Gasteiger partial charge in [-0.3, -0.25) is 9.78 Å². The third-order valence-corrected chi connectivity index (χ3v) is 5.92. The number of primary sulfonamides is 1. The van der Waals surface area contributed by atoms with Crippen molar-refractivity contribution < 1.29 is 8.42 Å². The van der Waals surface area contributed by atoms with Gasteiger partial charge in [-0.25, -0.2) is 18.4 Å². The Morgan fingerprint density at radius 2 is 1.82 bits per heavy atom. The highest BCUT2D eigenvalue weighted by Crippen LogP contribution is 2.56. The molecule has 0 spiro atoms. The zero-order chi connectivity index (χ0) is 20.1. The average Bonchev–Trinajstić information content (AvgIpc) is 3.42. The van der Waals surface area contributed by atoms with Gasteiger partial charge in [-0.2, -0.15) is 0 Å². The molecule has 0 amide bonds. The van der Waals surface area contributed by atoms with Crippen LogP contribution in [-0.2, 0) is 10.0 Å². The van der Waals surface area contributed by atoms with E-state index in [1.807, 2.05) is 0 Å². The molecule has 0 bridgehead atoms. The number of benzene rings is 1. The molecule has 0 aliphatic heterocycles. The number of aromatic nitrogens is 4. The molecule has 4 rings (SSSR count). The van der Waals surface area contributed by atoms with Crippen LogP contribution in [0.4, 0.5) is 0 Å². The Labute approximate surface area is 163 Å². The summed E-state index contributed by atoms with van der Waals surface area (Å²) in [6.45, 7) is 0. The van der Waals surface area contributed by atoms with Crippen LogP contribution in [0.2, 0.25) is 5.15 Å². The second-order valence-electron chi connectivity index (χ2n) is 6.52. The molecule has 0 unspecified atom stereocenters. The summed E-state index contributed by atoms with van der Waals surface area (Å²) in [6.07, 6.45) is 2.07. The molecule has 3 aromatic rings. The minimum absolute atomic E-state index is 0.0524. The van der Waals surface area contributed by atoms with Crippen molar-refractivity contribution in [3.63, 3.8) is 0 Å². The first kappa shape index (κ1) is 18.5. The lowest BCUT2D eigenvalue weighted by molar-refractivity contribution is 0.598. The van der Waals surface area contributed by atoms with E-state index in [1.54, 1.807) is 18.2 Å². The first-order valence-corrected chi connectivity index (χ1v) is 10.1. The number of nitrogens with one attached hydrogen (secondary N) is 2. The predicted octanol–water partition coefficient (Wildman–Crippen LogP) is 1.09. The first-order valence-electron chi connectivity index (χ1n) is 8.22. The molecule has 4 N–H and O–H groups in total. The van der Waals surface area contributed by atoms with Gasteiger partial charge in [0.25, 0.3) is 5.56 Å². The third-order valence-electron chi connectivity index (χ3n) is 4.70. The van der Waals surface area contributed by atoms with Crippen molar-refractivity contribution in [2.75, 3.05) is 0 Å². The Morgan fingerprint density at radius 1 is 1.11 bits per heavy atom. The van der Waals surface area contributed by atoms with Gasteiger partial charge in [-0.05, 0) is 47.6 Å². The Kier molecular flexibility index (Phi) is 4.41. The Hall–Kier alpha value is -2.82. The Morgan fingerprint density at radius 3 is 2.46 bits per heavy atom. The summed E-state index contributed by atoms with van der Waals surface area (Å²) in [4.78, 5) is 27.8. The summed E-state index contributed by atoms with van der Waals surface area (Å²) < 4.78 is 22.8. The van der Waals surface area contributed by atoms with E-state index in [0.29, 0.717) is 5.69 Å². The van der Waals surface area contributed by atoms with E-state index < -0.39 is 21.3 Å². The molecular formula is C17H14ClN5O4S. The molecule has 2 aromatic heterocycles. The number of sulfonamides is 1. The molecule has 1 aliphatic rings. The monoisotopic (exact) mass is 419 g/mol. The zero-order valence-corrected chi connectivity index (χ0v) is 15.8. The molecule has 144 valence electrons. The second kappa shape index (κ2) is 6.66. The van der Waals surface area contributed by atoms with Gasteiger partial charge in [0.05, 0.1) is 10.5 Å². The topological polar surface area (TPSA) is 152 Å². The normalized spacial score (nSPS) is 18.8. The number of rotatable bonds is 4. The fraction of sp³-hybridized carbons (Fsp3) is 0.176. The van der Waals surface area contributed by atoms with Gasteiger partial charge in [0.15, 0.2) is 5.15 Å². The van der Waals surface area contributed by atoms with Crippen LogP contribution in [0.15, 0.2) is 51.0 Å². The van der Waals surface area contributed by atoms with Crippen LogP contribution in [0.5, 0.6) is 0 Å². The molecule has 0 radical (unpaired) electrons. The number of halogens is 1. The minimum Gasteiger partial charge on any atom is -0.313 e. The zero-order valence-electron chi connectivity index (χ0n) is 14.2. The molecule has 28 heavy (non-hydrogen) atoms. The Balaban J connectivity index is 1.64. The van der Waals surface area contributed by atoms with Gasteiger partial charge in [0.1, 0.15) is 5.69 Å². The molecule has 11 heteroatoms. The lowest BCUT2D eigenvalue weighted by Crippen LogP contribution is -2.23. The molecule has 2 atom stereocenters. The summed E-state index contributed by atoms with van der Waals surface area (Å²) in [5.41, 5.74) is 0.983. The smallest absolute Gasteiger partial charge is 0.313 e. The number of nitrogens with zero attached hydrogens (tertiary/aromatic N) is 2. The quantitative estimate of drug-likeness (QED) is 0.575. The van der Waals surface area contributed by atoms with E-state index in [4.69, 9.17) is 16.7 Å². The third kappa shape index (κ3) is 3.49. The lowest BCUT2D eigenvalue weighted by atomic mass is 10.0.